The minimum Gasteiger partial charge on any atom is -0.346 e. The Bertz CT molecular complexity index is 1810. The third-order valence-corrected chi connectivity index (χ3v) is 15.1. The molecular formula is C41H60N6O7S. The molecule has 4 unspecified atom stereocenters. The number of hydrogen-bond acceptors (Lipinski definition) is 7. The molecule has 0 bridgehead atoms. The number of nitrogens with zero attached hydrogens (tertiary/aromatic N) is 2. The highest BCUT2D eigenvalue weighted by atomic mass is 32.2. The lowest BCUT2D eigenvalue weighted by atomic mass is 9.70. The molecule has 0 aromatic heterocycles. The second kappa shape index (κ2) is 15.3. The average Bonchev–Trinajstić information content (AvgIpc) is 3.94. The molecule has 2 heterocycles. The molecule has 1 saturated heterocycles. The number of hydrogen-bond donors (Lipinski definition) is 4. The maximum atomic E-state index is 15.0. The first kappa shape index (κ1) is 40.9. The number of carbonyl (C=O) groups is 5. The van der Waals surface area contributed by atoms with Crippen molar-refractivity contribution in [2.24, 2.45) is 34.0 Å². The zero-order valence-electron chi connectivity index (χ0n) is 33.3. The van der Waals surface area contributed by atoms with E-state index in [9.17, 15) is 32.4 Å². The summed E-state index contributed by atoms with van der Waals surface area (Å²) in [5.41, 5.74) is -0.639. The maximum absolute atomic E-state index is 15.0. The van der Waals surface area contributed by atoms with Crippen molar-refractivity contribution in [2.45, 2.75) is 129 Å². The Hall–Kier alpha value is -3.78. The van der Waals surface area contributed by atoms with E-state index < -0.39 is 68.6 Å². The van der Waals surface area contributed by atoms with E-state index in [0.717, 1.165) is 32.1 Å². The highest BCUT2D eigenvalue weighted by molar-refractivity contribution is 7.89. The number of ketones is 1. The number of Topliss-reactive ketones (excluding diaryl/α,β-unsaturated/α-hetero) is 1. The van der Waals surface area contributed by atoms with Crippen LogP contribution in [0.5, 0.6) is 0 Å². The summed E-state index contributed by atoms with van der Waals surface area (Å²) in [7, 11) is -3.75. The molecule has 14 heteroatoms. The molecule has 0 radical (unpaired) electrons. The maximum Gasteiger partial charge on any atom is 0.315 e. The molecule has 5 aliphatic rings. The SMILES string of the molecule is C=CCNC(=O)C(=O)C(CC1CC1)NC(=O)C1[C@H]2[C@@H](CN1C(=O)C(NC(=O)NC(CN1Cc3ccccc3S1(=O)=O)C(C)(C)C)C1(C)CCCCC1)C2(C)C. The fourth-order valence-electron chi connectivity index (χ4n) is 9.28. The number of amides is 5. The quantitative estimate of drug-likeness (QED) is 0.164. The Morgan fingerprint density at radius 2 is 1.65 bits per heavy atom. The predicted molar refractivity (Wildman–Crippen MR) is 208 cm³/mol. The average molecular weight is 781 g/mol. The van der Waals surface area contributed by atoms with E-state index in [1.54, 1.807) is 23.1 Å². The molecule has 1 aromatic rings. The first-order valence-corrected chi connectivity index (χ1v) is 21.4. The summed E-state index contributed by atoms with van der Waals surface area (Å²) in [5, 5.41) is 11.5. The molecule has 4 N–H and O–H groups in total. The lowest BCUT2D eigenvalue weighted by Crippen LogP contribution is -2.63. The zero-order valence-corrected chi connectivity index (χ0v) is 34.1. The second-order valence-electron chi connectivity index (χ2n) is 18.6. The van der Waals surface area contributed by atoms with Crippen molar-refractivity contribution in [3.63, 3.8) is 0 Å². The summed E-state index contributed by atoms with van der Waals surface area (Å²) in [4.78, 5) is 71.3. The van der Waals surface area contributed by atoms with E-state index in [4.69, 9.17) is 0 Å². The molecule has 302 valence electrons. The van der Waals surface area contributed by atoms with Gasteiger partial charge in [0.15, 0.2) is 0 Å². The van der Waals surface area contributed by atoms with Crippen molar-refractivity contribution in [1.29, 1.82) is 0 Å². The summed E-state index contributed by atoms with van der Waals surface area (Å²) >= 11 is 0. The predicted octanol–water partition coefficient (Wildman–Crippen LogP) is 3.88. The number of sulfonamides is 1. The van der Waals surface area contributed by atoms with Gasteiger partial charge in [0.25, 0.3) is 5.91 Å². The van der Waals surface area contributed by atoms with Gasteiger partial charge in [0, 0.05) is 32.2 Å². The first-order valence-electron chi connectivity index (χ1n) is 20.0. The number of piperidine rings is 1. The van der Waals surface area contributed by atoms with E-state index in [2.05, 4.69) is 41.7 Å². The van der Waals surface area contributed by atoms with Crippen LogP contribution in [0.25, 0.3) is 0 Å². The smallest absolute Gasteiger partial charge is 0.315 e. The molecule has 4 fully saturated rings. The van der Waals surface area contributed by atoms with Gasteiger partial charge in [-0.3, -0.25) is 19.2 Å². The van der Waals surface area contributed by atoms with Crippen LogP contribution in [0, 0.1) is 34.0 Å². The normalized spacial score (nSPS) is 26.4. The summed E-state index contributed by atoms with van der Waals surface area (Å²) in [6.07, 6.45) is 7.89. The van der Waals surface area contributed by atoms with Crippen molar-refractivity contribution < 1.29 is 32.4 Å². The molecule has 3 aliphatic carbocycles. The Balaban J connectivity index is 1.22. The van der Waals surface area contributed by atoms with E-state index >= 15 is 0 Å². The van der Waals surface area contributed by atoms with Crippen molar-refractivity contribution in [3.8, 4) is 0 Å². The van der Waals surface area contributed by atoms with Gasteiger partial charge in [0.1, 0.15) is 12.1 Å². The molecule has 2 aliphatic heterocycles. The monoisotopic (exact) mass is 780 g/mol. The number of benzene rings is 1. The van der Waals surface area contributed by atoms with Gasteiger partial charge in [0.05, 0.1) is 10.9 Å². The number of rotatable bonds is 14. The van der Waals surface area contributed by atoms with Crippen LogP contribution in [-0.2, 0) is 35.7 Å². The highest BCUT2D eigenvalue weighted by Gasteiger charge is 2.70. The lowest BCUT2D eigenvalue weighted by molar-refractivity contribution is -0.146. The molecule has 3 saturated carbocycles. The first-order chi connectivity index (χ1) is 25.8. The molecule has 6 atom stereocenters. The second-order valence-corrected chi connectivity index (χ2v) is 20.5. The van der Waals surface area contributed by atoms with Gasteiger partial charge >= 0.3 is 6.03 Å². The van der Waals surface area contributed by atoms with Crippen LogP contribution in [0.15, 0.2) is 41.8 Å². The topological polar surface area (TPSA) is 174 Å². The Morgan fingerprint density at radius 1 is 0.982 bits per heavy atom. The number of carbonyl (C=O) groups excluding carboxylic acids is 5. The fraction of sp³-hybridized carbons (Fsp3) is 0.683. The van der Waals surface area contributed by atoms with Gasteiger partial charge in [-0.2, -0.15) is 4.31 Å². The number of urea groups is 1. The van der Waals surface area contributed by atoms with E-state index in [1.165, 1.54) is 10.4 Å². The summed E-state index contributed by atoms with van der Waals surface area (Å²) in [6.45, 7) is 16.3. The van der Waals surface area contributed by atoms with E-state index in [0.29, 0.717) is 31.4 Å². The van der Waals surface area contributed by atoms with Gasteiger partial charge in [-0.15, -0.1) is 6.58 Å². The van der Waals surface area contributed by atoms with Gasteiger partial charge < -0.3 is 26.2 Å². The molecule has 1 aromatic carbocycles. The summed E-state index contributed by atoms with van der Waals surface area (Å²) in [6, 6.07) is 2.87. The van der Waals surface area contributed by atoms with Gasteiger partial charge in [-0.25, -0.2) is 13.2 Å². The molecule has 55 heavy (non-hydrogen) atoms. The zero-order chi connectivity index (χ0) is 40.1. The van der Waals surface area contributed by atoms with E-state index in [1.807, 2.05) is 33.8 Å². The molecule has 5 amide bonds. The highest BCUT2D eigenvalue weighted by Crippen LogP contribution is 2.65. The summed E-state index contributed by atoms with van der Waals surface area (Å²) in [5.74, 6) is -2.14. The lowest BCUT2D eigenvalue weighted by Gasteiger charge is -2.43. The van der Waals surface area contributed by atoms with Crippen LogP contribution >= 0.6 is 0 Å². The van der Waals surface area contributed by atoms with Crippen LogP contribution < -0.4 is 21.3 Å². The van der Waals surface area contributed by atoms with Gasteiger partial charge in [-0.05, 0) is 64.9 Å². The fourth-order valence-corrected chi connectivity index (χ4v) is 10.9. The Morgan fingerprint density at radius 3 is 2.27 bits per heavy atom. The van der Waals surface area contributed by atoms with Gasteiger partial charge in [0.2, 0.25) is 27.6 Å². The summed E-state index contributed by atoms with van der Waals surface area (Å²) < 4.78 is 28.3. The van der Waals surface area contributed by atoms with Crippen molar-refractivity contribution in [3.05, 3.63) is 42.5 Å². The van der Waals surface area contributed by atoms with E-state index in [-0.39, 0.29) is 53.6 Å². The number of nitrogens with one attached hydrogen (secondary N) is 4. The number of likely N-dealkylation sites (tertiary alicyclic amines) is 1. The van der Waals surface area contributed by atoms with Crippen LogP contribution in [-0.4, -0.2) is 91.0 Å². The van der Waals surface area contributed by atoms with Crippen LogP contribution in [0.4, 0.5) is 4.79 Å². The number of fused-ring (bicyclic) bond motifs is 2. The van der Waals surface area contributed by atoms with Crippen LogP contribution in [0.2, 0.25) is 0 Å². The third kappa shape index (κ3) is 8.36. The molecule has 13 nitrogen and oxygen atoms in total. The Kier molecular flexibility index (Phi) is 11.4. The molecule has 6 rings (SSSR count). The third-order valence-electron chi connectivity index (χ3n) is 13.2. The van der Waals surface area contributed by atoms with Crippen molar-refractivity contribution in [2.75, 3.05) is 19.6 Å². The minimum atomic E-state index is -3.75. The Labute approximate surface area is 326 Å². The molecule has 0 spiro atoms. The largest absolute Gasteiger partial charge is 0.346 e. The van der Waals surface area contributed by atoms with Crippen molar-refractivity contribution in [1.82, 2.24) is 30.5 Å². The molecular weight excluding hydrogens is 721 g/mol. The van der Waals surface area contributed by atoms with Gasteiger partial charge in [-0.1, -0.05) is 97.9 Å². The van der Waals surface area contributed by atoms with Crippen LogP contribution in [0.1, 0.15) is 98.5 Å². The van der Waals surface area contributed by atoms with Crippen molar-refractivity contribution >= 4 is 39.6 Å². The van der Waals surface area contributed by atoms with Crippen LogP contribution in [0.3, 0.4) is 0 Å². The minimum absolute atomic E-state index is 0.0446. The standard InChI is InChI=1S/C41H60N6O7S/c1-8-20-42-36(50)33(48)28(21-25-16-17-25)43-35(49)32-31-27(40(31,5)6)23-47(32)37(51)34(41(7)18-12-9-13-19-41)45-38(52)44-30(39(2,3)4)24-46-22-26-14-10-11-15-29(26)55(46,53)54/h8,10-11,14-15,25,27-28,30-32,34H,1,9,12-13,16-24H2,2-7H3,(H,42,50)(H,43,49)(H2,44,45,52)/t27-,28?,30?,31-,32?,34?/m1/s1.